The van der Waals surface area contributed by atoms with Crippen LogP contribution in [-0.2, 0) is 9.68 Å². The molecule has 3 nitrogen and oxygen atoms in total. The summed E-state index contributed by atoms with van der Waals surface area (Å²) in [6.45, 7) is 8.40. The molecule has 0 aliphatic heterocycles. The van der Waals surface area contributed by atoms with Crippen molar-refractivity contribution in [3.63, 3.8) is 0 Å². The van der Waals surface area contributed by atoms with E-state index >= 15 is 0 Å². The van der Waals surface area contributed by atoms with E-state index in [0.717, 1.165) is 32.6 Å². The quantitative estimate of drug-likeness (QED) is 0.533. The van der Waals surface area contributed by atoms with Crippen molar-refractivity contribution in [3.8, 4) is 0 Å². The molecular weight excluding hydrogens is 142 g/mol. The smallest absolute Gasteiger partial charge is 0.0709 e. The summed E-state index contributed by atoms with van der Waals surface area (Å²) >= 11 is 0. The standard InChI is InChI=1S/C8H19NO2/c1-4-7-10-9(6-3)11-8-5-2/h4-8H2,1-3H3. The van der Waals surface area contributed by atoms with Crippen LogP contribution in [0.2, 0.25) is 0 Å². The minimum atomic E-state index is 0.734. The summed E-state index contributed by atoms with van der Waals surface area (Å²) in [7, 11) is 0. The van der Waals surface area contributed by atoms with Gasteiger partial charge in [-0.05, 0) is 19.8 Å². The molecule has 0 unspecified atom stereocenters. The second-order valence-corrected chi connectivity index (χ2v) is 2.32. The lowest BCUT2D eigenvalue weighted by Gasteiger charge is -2.18. The molecule has 3 heteroatoms. The molecule has 0 bridgehead atoms. The maximum atomic E-state index is 5.25. The number of hydrogen-bond donors (Lipinski definition) is 0. The zero-order valence-corrected chi connectivity index (χ0v) is 7.80. The SMILES string of the molecule is CCCON(CC)OCCC. The third-order valence-corrected chi connectivity index (χ3v) is 1.14. The first kappa shape index (κ1) is 10.9. The summed E-state index contributed by atoms with van der Waals surface area (Å²) < 4.78 is 0. The van der Waals surface area contributed by atoms with E-state index in [1.54, 1.807) is 5.23 Å². The molecule has 0 heterocycles. The summed E-state index contributed by atoms with van der Waals surface area (Å²) in [5, 5.41) is 1.55. The second kappa shape index (κ2) is 7.98. The van der Waals surface area contributed by atoms with E-state index < -0.39 is 0 Å². The summed E-state index contributed by atoms with van der Waals surface area (Å²) in [6, 6.07) is 0. The molecule has 0 spiro atoms. The Bertz CT molecular complexity index is 70.5. The maximum Gasteiger partial charge on any atom is 0.0709 e. The normalized spacial score (nSPS) is 10.9. The molecule has 0 fully saturated rings. The van der Waals surface area contributed by atoms with Crippen molar-refractivity contribution in [1.29, 1.82) is 0 Å². The van der Waals surface area contributed by atoms with Crippen molar-refractivity contribution in [3.05, 3.63) is 0 Å². The lowest BCUT2D eigenvalue weighted by Crippen LogP contribution is -2.24. The molecule has 0 amide bonds. The van der Waals surface area contributed by atoms with Gasteiger partial charge in [0.25, 0.3) is 0 Å². The van der Waals surface area contributed by atoms with Crippen LogP contribution in [0.3, 0.4) is 0 Å². The predicted octanol–water partition coefficient (Wildman–Crippen LogP) is 1.99. The number of hydroxylamine groups is 2. The molecule has 0 N–H and O–H groups in total. The summed E-state index contributed by atoms with van der Waals surface area (Å²) in [4.78, 5) is 10.5. The molecule has 0 aliphatic carbocycles. The van der Waals surface area contributed by atoms with Crippen LogP contribution in [0.25, 0.3) is 0 Å². The molecule has 0 aliphatic rings. The van der Waals surface area contributed by atoms with E-state index in [1.165, 1.54) is 0 Å². The van der Waals surface area contributed by atoms with Crippen LogP contribution in [0.1, 0.15) is 33.6 Å². The third kappa shape index (κ3) is 6.28. The Labute approximate surface area is 69.2 Å². The monoisotopic (exact) mass is 161 g/mol. The fourth-order valence-corrected chi connectivity index (χ4v) is 0.606. The average Bonchev–Trinajstić information content (AvgIpc) is 2.05. The molecule has 11 heavy (non-hydrogen) atoms. The number of hydrogen-bond acceptors (Lipinski definition) is 3. The van der Waals surface area contributed by atoms with Crippen molar-refractivity contribution >= 4 is 0 Å². The van der Waals surface area contributed by atoms with E-state index in [-0.39, 0.29) is 0 Å². The highest BCUT2D eigenvalue weighted by molar-refractivity contribution is 4.24. The van der Waals surface area contributed by atoms with Crippen LogP contribution < -0.4 is 0 Å². The molecule has 0 aromatic carbocycles. The van der Waals surface area contributed by atoms with Crippen molar-refractivity contribution in [2.75, 3.05) is 19.8 Å². The Morgan fingerprint density at radius 3 is 1.64 bits per heavy atom. The summed E-state index contributed by atoms with van der Waals surface area (Å²) in [5.41, 5.74) is 0. The van der Waals surface area contributed by atoms with E-state index in [4.69, 9.17) is 9.68 Å². The molecule has 0 aromatic rings. The van der Waals surface area contributed by atoms with Crippen LogP contribution in [0.5, 0.6) is 0 Å². The average molecular weight is 161 g/mol. The van der Waals surface area contributed by atoms with Crippen LogP contribution in [-0.4, -0.2) is 25.0 Å². The van der Waals surface area contributed by atoms with Crippen molar-refractivity contribution in [2.45, 2.75) is 33.6 Å². The van der Waals surface area contributed by atoms with Gasteiger partial charge in [0.15, 0.2) is 0 Å². The van der Waals surface area contributed by atoms with Gasteiger partial charge >= 0.3 is 0 Å². The van der Waals surface area contributed by atoms with Crippen molar-refractivity contribution < 1.29 is 9.68 Å². The first-order valence-electron chi connectivity index (χ1n) is 4.38. The van der Waals surface area contributed by atoms with Gasteiger partial charge in [-0.1, -0.05) is 19.1 Å². The minimum Gasteiger partial charge on any atom is -0.274 e. The second-order valence-electron chi connectivity index (χ2n) is 2.32. The zero-order chi connectivity index (χ0) is 8.53. The van der Waals surface area contributed by atoms with Gasteiger partial charge in [-0.15, -0.1) is 0 Å². The molecule has 0 aromatic heterocycles. The zero-order valence-electron chi connectivity index (χ0n) is 7.80. The largest absolute Gasteiger partial charge is 0.274 e. The summed E-state index contributed by atoms with van der Waals surface area (Å²) in [5.74, 6) is 0. The molecule has 0 atom stereocenters. The summed E-state index contributed by atoms with van der Waals surface area (Å²) in [6.07, 6.45) is 2.04. The molecular formula is C8H19NO2. The molecule has 68 valence electrons. The van der Waals surface area contributed by atoms with Gasteiger partial charge in [-0.25, -0.2) is 0 Å². The Balaban J connectivity index is 3.25. The first-order chi connectivity index (χ1) is 5.35. The van der Waals surface area contributed by atoms with Crippen LogP contribution >= 0.6 is 0 Å². The maximum absolute atomic E-state index is 5.25. The van der Waals surface area contributed by atoms with E-state index in [2.05, 4.69) is 13.8 Å². The molecule has 0 saturated carbocycles. The van der Waals surface area contributed by atoms with Gasteiger partial charge in [0.05, 0.1) is 13.2 Å². The Hall–Kier alpha value is -0.120. The number of rotatable bonds is 7. The third-order valence-electron chi connectivity index (χ3n) is 1.14. The van der Waals surface area contributed by atoms with Crippen LogP contribution in [0, 0.1) is 0 Å². The molecule has 0 saturated heterocycles. The highest BCUT2D eigenvalue weighted by Gasteiger charge is 1.99. The van der Waals surface area contributed by atoms with E-state index in [9.17, 15) is 0 Å². The topological polar surface area (TPSA) is 21.7 Å². The van der Waals surface area contributed by atoms with Gasteiger partial charge in [0, 0.05) is 6.54 Å². The van der Waals surface area contributed by atoms with E-state index in [0.29, 0.717) is 0 Å². The molecule has 0 radical (unpaired) electrons. The predicted molar refractivity (Wildman–Crippen MR) is 44.9 cm³/mol. The number of nitrogens with zero attached hydrogens (tertiary/aromatic N) is 1. The van der Waals surface area contributed by atoms with Gasteiger partial charge in [-0.3, -0.25) is 9.68 Å². The Morgan fingerprint density at radius 1 is 0.909 bits per heavy atom. The lowest BCUT2D eigenvalue weighted by atomic mass is 10.5. The van der Waals surface area contributed by atoms with Gasteiger partial charge < -0.3 is 0 Å². The van der Waals surface area contributed by atoms with E-state index in [1.807, 2.05) is 6.92 Å². The van der Waals surface area contributed by atoms with Gasteiger partial charge in [-0.2, -0.15) is 0 Å². The van der Waals surface area contributed by atoms with Gasteiger partial charge in [0.2, 0.25) is 0 Å². The lowest BCUT2D eigenvalue weighted by molar-refractivity contribution is -0.365. The van der Waals surface area contributed by atoms with Gasteiger partial charge in [0.1, 0.15) is 0 Å². The molecule has 0 rings (SSSR count). The highest BCUT2D eigenvalue weighted by Crippen LogP contribution is 1.94. The van der Waals surface area contributed by atoms with Crippen LogP contribution in [0.4, 0.5) is 0 Å². The minimum absolute atomic E-state index is 0.734. The highest BCUT2D eigenvalue weighted by atomic mass is 16.9. The first-order valence-corrected chi connectivity index (χ1v) is 4.38. The van der Waals surface area contributed by atoms with Crippen molar-refractivity contribution in [1.82, 2.24) is 5.23 Å². The fraction of sp³-hybridized carbons (Fsp3) is 1.00. The Kier molecular flexibility index (Phi) is 7.89. The van der Waals surface area contributed by atoms with Crippen molar-refractivity contribution in [2.24, 2.45) is 0 Å². The fourth-order valence-electron chi connectivity index (χ4n) is 0.606. The Morgan fingerprint density at radius 2 is 1.36 bits per heavy atom. The van der Waals surface area contributed by atoms with Crippen LogP contribution in [0.15, 0.2) is 0 Å².